The monoisotopic (exact) mass is 1000 g/mol. The van der Waals surface area contributed by atoms with E-state index in [1.165, 1.54) is 98.8 Å². The van der Waals surface area contributed by atoms with Crippen LogP contribution in [0.5, 0.6) is 11.5 Å². The summed E-state index contributed by atoms with van der Waals surface area (Å²) in [5, 5.41) is 49.1. The zero-order chi connectivity index (χ0) is 50.2. The number of hydrogen-bond acceptors (Lipinski definition) is 9. The Morgan fingerprint density at radius 1 is 0.614 bits per heavy atom. The first-order valence-electron chi connectivity index (χ1n) is 23.5. The van der Waals surface area contributed by atoms with Gasteiger partial charge in [0.05, 0.1) is 20.9 Å². The summed E-state index contributed by atoms with van der Waals surface area (Å²) in [7, 11) is 0. The smallest absolute Gasteiger partial charge is 0.190 e. The molecule has 0 amide bonds. The van der Waals surface area contributed by atoms with Crippen LogP contribution in [0.1, 0.15) is 81.5 Å². The highest BCUT2D eigenvalue weighted by atomic mass is 35.5. The lowest BCUT2D eigenvalue weighted by atomic mass is 9.47. The molecule has 0 radical (unpaired) electrons. The van der Waals surface area contributed by atoms with Gasteiger partial charge in [-0.2, -0.15) is 0 Å². The van der Waals surface area contributed by atoms with Gasteiger partial charge in [-0.15, -0.1) is 0 Å². The molecule has 2 aliphatic carbocycles. The number of carbonyl (C=O) groups excluding carboxylic acids is 3. The van der Waals surface area contributed by atoms with Gasteiger partial charge in [0.1, 0.15) is 34.8 Å². The Bertz CT molecular complexity index is 2700. The molecule has 2 unspecified atom stereocenters. The molecule has 4 aromatic rings. The number of carbonyl (C=O) groups is 3. The molecule has 0 bridgehead atoms. The van der Waals surface area contributed by atoms with E-state index in [-0.39, 0.29) is 93.1 Å². The third kappa shape index (κ3) is 8.56. The number of rotatable bonds is 14. The average Bonchev–Trinajstić information content (AvgIpc) is 3.36. The SMILES string of the molecule is Cc1c(F)cccc1C1=C(C(=O)c2cccc(O)c2)[C@H](C2CCCNC2)[C@@](CCO)(C(=O)[C@@]2(CCO)C(F)=C(Cl)C(c3cccc(F)c3C)=C(C(=O)c3cccc(O)c3)[C@@H]2C2CCCNC2)C(F)=C1Cl. The van der Waals surface area contributed by atoms with E-state index in [1.807, 2.05) is 0 Å². The molecule has 6 atom stereocenters. The summed E-state index contributed by atoms with van der Waals surface area (Å²) in [6, 6.07) is 18.7. The summed E-state index contributed by atoms with van der Waals surface area (Å²) in [6.45, 7) is 2.16. The molecule has 4 aliphatic rings. The predicted octanol–water partition coefficient (Wildman–Crippen LogP) is 10.4. The summed E-state index contributed by atoms with van der Waals surface area (Å²) in [5.41, 5.74) is -6.77. The van der Waals surface area contributed by atoms with Gasteiger partial charge >= 0.3 is 0 Å². The maximum Gasteiger partial charge on any atom is 0.190 e. The van der Waals surface area contributed by atoms with Crippen LogP contribution < -0.4 is 10.6 Å². The minimum atomic E-state index is -2.78. The first-order valence-corrected chi connectivity index (χ1v) is 24.3. The molecule has 2 saturated heterocycles. The first kappa shape index (κ1) is 51.0. The second-order valence-electron chi connectivity index (χ2n) is 18.8. The maximum atomic E-state index is 19.1. The normalized spacial score (nSPS) is 25.4. The minimum absolute atomic E-state index is 0.0128. The standard InChI is InChI=1S/C55H54Cl2F4N2O7/c1-29-37(15-5-17-39(29)58)41-43(49(68)31-9-3-13-35(66)25-31)45(33-11-7-21-62-27-33)54(19-23-64,51(60)47(41)56)53(70)55(20-24-65)46(34-12-8-22-63-28-34)44(50(69)32-10-4-14-36(67)26-32)42(48(57)52(55)61)38-16-6-18-40(59)30(38)2/h3-6,9-10,13-18,25-26,33-34,45-46,62-67H,7-8,11-12,19-24,27-28H2,1-2H3/t33?,34?,45-,46-,54+,55+/m0/s1. The van der Waals surface area contributed by atoms with Crippen LogP contribution in [0, 0.1) is 60.0 Å². The molecule has 0 aromatic heterocycles. The second-order valence-corrected chi connectivity index (χ2v) is 19.6. The number of piperidine rings is 2. The Labute approximate surface area is 413 Å². The molecular weight excluding hydrogens is 948 g/mol. The molecule has 6 N–H and O–H groups in total. The number of hydrogen-bond donors (Lipinski definition) is 6. The second kappa shape index (κ2) is 20.7. The molecule has 4 aromatic carbocycles. The molecule has 15 heteroatoms. The van der Waals surface area contributed by atoms with Crippen molar-refractivity contribution < 1.29 is 52.4 Å². The van der Waals surface area contributed by atoms with Gasteiger partial charge in [-0.1, -0.05) is 71.7 Å². The molecule has 9 nitrogen and oxygen atoms in total. The third-order valence-corrected chi connectivity index (χ3v) is 15.8. The lowest BCUT2D eigenvalue weighted by Crippen LogP contribution is -2.60. The highest BCUT2D eigenvalue weighted by Gasteiger charge is 2.68. The van der Waals surface area contributed by atoms with Crippen molar-refractivity contribution in [1.82, 2.24) is 10.6 Å². The number of aliphatic hydroxyl groups is 2. The van der Waals surface area contributed by atoms with Crippen LogP contribution in [0.25, 0.3) is 11.1 Å². The van der Waals surface area contributed by atoms with E-state index >= 15 is 31.9 Å². The summed E-state index contributed by atoms with van der Waals surface area (Å²) in [5.74, 6) is -12.6. The van der Waals surface area contributed by atoms with E-state index in [0.717, 1.165) is 0 Å². The Kier molecular flexibility index (Phi) is 15.1. The van der Waals surface area contributed by atoms with Gasteiger partial charge in [-0.25, -0.2) is 17.6 Å². The Balaban J connectivity index is 1.53. The van der Waals surface area contributed by atoms with Crippen molar-refractivity contribution in [3.05, 3.63) is 163 Å². The number of phenolic OH excluding ortho intramolecular Hbond substituents is 2. The number of aliphatic hydroxyl groups excluding tert-OH is 2. The van der Waals surface area contributed by atoms with E-state index in [2.05, 4.69) is 10.6 Å². The first-order chi connectivity index (χ1) is 33.6. The van der Waals surface area contributed by atoms with Crippen molar-refractivity contribution in [3.63, 3.8) is 0 Å². The number of ketones is 3. The number of phenols is 2. The third-order valence-electron chi connectivity index (χ3n) is 15.0. The fraction of sp³-hybridized carbons (Fsp3) is 0.364. The molecule has 368 valence electrons. The summed E-state index contributed by atoms with van der Waals surface area (Å²) < 4.78 is 69.6. The number of allylic oxidation sites excluding steroid dienone is 8. The number of nitrogens with one attached hydrogen (secondary N) is 2. The number of benzene rings is 4. The Morgan fingerprint density at radius 2 is 1.00 bits per heavy atom. The van der Waals surface area contributed by atoms with E-state index in [4.69, 9.17) is 23.2 Å². The Morgan fingerprint density at radius 3 is 1.34 bits per heavy atom. The molecule has 2 fully saturated rings. The van der Waals surface area contributed by atoms with Crippen molar-refractivity contribution in [2.24, 2.45) is 34.5 Å². The van der Waals surface area contributed by atoms with Crippen LogP contribution in [-0.4, -0.2) is 77.2 Å². The van der Waals surface area contributed by atoms with Crippen LogP contribution in [0.2, 0.25) is 0 Å². The molecular formula is C55H54Cl2F4N2O7. The van der Waals surface area contributed by atoms with Gasteiger partial charge in [0.25, 0.3) is 0 Å². The number of Topliss-reactive ketones (excluding diaryl/α,β-unsaturated/α-hetero) is 3. The zero-order valence-electron chi connectivity index (χ0n) is 38.7. The highest BCUT2D eigenvalue weighted by molar-refractivity contribution is 6.41. The lowest BCUT2D eigenvalue weighted by Gasteiger charge is -2.54. The maximum absolute atomic E-state index is 19.1. The van der Waals surface area contributed by atoms with Gasteiger partial charge in [-0.05, 0) is 149 Å². The van der Waals surface area contributed by atoms with Gasteiger partial charge in [0.15, 0.2) is 17.3 Å². The van der Waals surface area contributed by atoms with E-state index in [0.29, 0.717) is 25.9 Å². The highest BCUT2D eigenvalue weighted by Crippen LogP contribution is 2.66. The fourth-order valence-electron chi connectivity index (χ4n) is 11.9. The number of aromatic hydroxyl groups is 2. The lowest BCUT2D eigenvalue weighted by molar-refractivity contribution is -0.147. The van der Waals surface area contributed by atoms with Crippen LogP contribution in [0.15, 0.2) is 118 Å². The molecule has 70 heavy (non-hydrogen) atoms. The van der Waals surface area contributed by atoms with Gasteiger partial charge < -0.3 is 31.1 Å². The minimum Gasteiger partial charge on any atom is -0.508 e. The quantitative estimate of drug-likeness (QED) is 0.0535. The van der Waals surface area contributed by atoms with Crippen molar-refractivity contribution in [2.75, 3.05) is 39.4 Å². The summed E-state index contributed by atoms with van der Waals surface area (Å²) >= 11 is 14.6. The van der Waals surface area contributed by atoms with Crippen LogP contribution in [0.4, 0.5) is 17.6 Å². The van der Waals surface area contributed by atoms with Crippen molar-refractivity contribution in [1.29, 1.82) is 0 Å². The molecule has 2 heterocycles. The van der Waals surface area contributed by atoms with Crippen molar-refractivity contribution >= 4 is 51.7 Å². The van der Waals surface area contributed by atoms with Gasteiger partial charge in [-0.3, -0.25) is 14.4 Å². The molecule has 0 spiro atoms. The van der Waals surface area contributed by atoms with Crippen LogP contribution in [0.3, 0.4) is 0 Å². The number of halogens is 6. The van der Waals surface area contributed by atoms with Gasteiger partial charge in [0, 0.05) is 58.5 Å². The van der Waals surface area contributed by atoms with Crippen LogP contribution in [-0.2, 0) is 4.79 Å². The molecule has 2 aliphatic heterocycles. The van der Waals surface area contributed by atoms with E-state index in [1.54, 1.807) is 0 Å². The summed E-state index contributed by atoms with van der Waals surface area (Å²) in [6.07, 6.45) is -0.144. The zero-order valence-corrected chi connectivity index (χ0v) is 40.2. The molecule has 0 saturated carbocycles. The largest absolute Gasteiger partial charge is 0.508 e. The molecule has 8 rings (SSSR count). The predicted molar refractivity (Wildman–Crippen MR) is 260 cm³/mol. The van der Waals surface area contributed by atoms with E-state index in [9.17, 15) is 20.4 Å². The average molecular weight is 1000 g/mol. The van der Waals surface area contributed by atoms with Gasteiger partial charge in [0.2, 0.25) is 0 Å². The fourth-order valence-corrected chi connectivity index (χ4v) is 12.7. The van der Waals surface area contributed by atoms with Crippen LogP contribution >= 0.6 is 23.2 Å². The van der Waals surface area contributed by atoms with Crippen molar-refractivity contribution in [3.8, 4) is 11.5 Å². The topological polar surface area (TPSA) is 156 Å². The van der Waals surface area contributed by atoms with Crippen molar-refractivity contribution in [2.45, 2.75) is 52.4 Å². The van der Waals surface area contributed by atoms with E-state index < -0.39 is 111 Å². The Hall–Kier alpha value is -5.41. The summed E-state index contributed by atoms with van der Waals surface area (Å²) in [4.78, 5) is 48.5.